The minimum atomic E-state index is -0.585. The molecule has 0 fully saturated rings. The summed E-state index contributed by atoms with van der Waals surface area (Å²) in [5, 5.41) is 0. The van der Waals surface area contributed by atoms with Gasteiger partial charge < -0.3 is 4.74 Å². The zero-order valence-corrected chi connectivity index (χ0v) is 32.9. The molecule has 9 aromatic rings. The summed E-state index contributed by atoms with van der Waals surface area (Å²) in [4.78, 5) is 10.5. The first-order valence-corrected chi connectivity index (χ1v) is 20.3. The molecule has 0 amide bonds. The van der Waals surface area contributed by atoms with Crippen molar-refractivity contribution in [3.05, 3.63) is 240 Å². The molecule has 3 nitrogen and oxygen atoms in total. The lowest BCUT2D eigenvalue weighted by Crippen LogP contribution is -2.43. The van der Waals surface area contributed by atoms with Gasteiger partial charge in [0.1, 0.15) is 11.5 Å². The predicted octanol–water partition coefficient (Wildman–Crippen LogP) is 13.9. The highest BCUT2D eigenvalue weighted by molar-refractivity contribution is 5.86. The van der Waals surface area contributed by atoms with Crippen LogP contribution in [0.4, 0.5) is 0 Å². The maximum absolute atomic E-state index is 6.67. The van der Waals surface area contributed by atoms with Gasteiger partial charge in [-0.2, -0.15) is 0 Å². The van der Waals surface area contributed by atoms with Crippen molar-refractivity contribution in [2.45, 2.75) is 24.7 Å². The summed E-state index contributed by atoms with van der Waals surface area (Å²) in [6.07, 6.45) is 0. The van der Waals surface area contributed by atoms with Crippen LogP contribution >= 0.6 is 0 Å². The second-order valence-corrected chi connectivity index (χ2v) is 16.1. The molecule has 59 heavy (non-hydrogen) atoms. The maximum atomic E-state index is 6.67. The third-order valence-electron chi connectivity index (χ3n) is 12.4. The number of hydrogen-bond donors (Lipinski definition) is 0. The number of fused-ring (bicyclic) bond motifs is 8. The molecule has 1 aliphatic carbocycles. The van der Waals surface area contributed by atoms with E-state index in [0.29, 0.717) is 5.82 Å². The number of aromatic nitrogens is 2. The summed E-state index contributed by atoms with van der Waals surface area (Å²) in [6, 6.07) is 73.5. The molecule has 1 aliphatic heterocycles. The molecule has 11 rings (SSSR count). The van der Waals surface area contributed by atoms with Crippen molar-refractivity contribution in [1.29, 1.82) is 0 Å². The van der Waals surface area contributed by atoms with Crippen molar-refractivity contribution in [2.75, 3.05) is 0 Å². The zero-order valence-electron chi connectivity index (χ0n) is 32.9. The monoisotopic (exact) mass is 756 g/mol. The Balaban J connectivity index is 1.14. The highest BCUT2D eigenvalue weighted by Crippen LogP contribution is 2.62. The zero-order chi connectivity index (χ0) is 39.6. The first kappa shape index (κ1) is 34.9. The molecular weight excluding hydrogens is 717 g/mol. The van der Waals surface area contributed by atoms with E-state index in [0.717, 1.165) is 67.4 Å². The van der Waals surface area contributed by atoms with Gasteiger partial charge >= 0.3 is 0 Å². The Bertz CT molecular complexity index is 3010. The van der Waals surface area contributed by atoms with Gasteiger partial charge in [0.2, 0.25) is 0 Å². The van der Waals surface area contributed by atoms with Crippen LogP contribution in [0.25, 0.3) is 56.2 Å². The van der Waals surface area contributed by atoms with Crippen molar-refractivity contribution in [3.8, 4) is 67.7 Å². The summed E-state index contributed by atoms with van der Waals surface area (Å²) in [7, 11) is 0. The fraction of sp³-hybridized carbons (Fsp3) is 0.0714. The van der Waals surface area contributed by atoms with E-state index in [1.165, 1.54) is 27.8 Å². The second kappa shape index (κ2) is 13.6. The van der Waals surface area contributed by atoms with Gasteiger partial charge in [-0.1, -0.05) is 196 Å². The predicted molar refractivity (Wildman–Crippen MR) is 240 cm³/mol. The van der Waals surface area contributed by atoms with E-state index in [4.69, 9.17) is 14.7 Å². The number of rotatable bonds is 5. The minimum absolute atomic E-state index is 0.324. The molecule has 1 aromatic heterocycles. The van der Waals surface area contributed by atoms with Gasteiger partial charge in [0.05, 0.1) is 16.8 Å². The summed E-state index contributed by atoms with van der Waals surface area (Å²) in [6.45, 7) is 4.77. The van der Waals surface area contributed by atoms with Gasteiger partial charge in [0, 0.05) is 33.2 Å². The molecule has 0 unspecified atom stereocenters. The molecule has 2 heterocycles. The average molecular weight is 757 g/mol. The van der Waals surface area contributed by atoms with E-state index in [1.54, 1.807) is 0 Å². The van der Waals surface area contributed by atoms with E-state index >= 15 is 0 Å². The van der Waals surface area contributed by atoms with E-state index in [9.17, 15) is 0 Å². The summed E-state index contributed by atoms with van der Waals surface area (Å²) in [5.74, 6) is 2.48. The second-order valence-electron chi connectivity index (χ2n) is 16.1. The third kappa shape index (κ3) is 5.42. The quantitative estimate of drug-likeness (QED) is 0.175. The number of benzene rings is 8. The third-order valence-corrected chi connectivity index (χ3v) is 12.4. The Morgan fingerprint density at radius 1 is 0.356 bits per heavy atom. The number of para-hydroxylation sites is 2. The van der Waals surface area contributed by atoms with E-state index in [1.807, 2.05) is 18.2 Å². The van der Waals surface area contributed by atoms with Crippen LogP contribution in [-0.4, -0.2) is 9.97 Å². The normalized spacial score (nSPS) is 14.0. The molecule has 0 bridgehead atoms. The molecule has 0 N–H and O–H groups in total. The molecule has 8 aromatic carbocycles. The fourth-order valence-electron chi connectivity index (χ4n) is 9.86. The van der Waals surface area contributed by atoms with Gasteiger partial charge in [0.25, 0.3) is 0 Å². The van der Waals surface area contributed by atoms with E-state index in [2.05, 4.69) is 202 Å². The van der Waals surface area contributed by atoms with Crippen molar-refractivity contribution in [1.82, 2.24) is 9.97 Å². The minimum Gasteiger partial charge on any atom is -0.457 e. The van der Waals surface area contributed by atoms with Crippen molar-refractivity contribution >= 4 is 0 Å². The molecule has 0 atom stereocenters. The molecular formula is C56H40N2O. The van der Waals surface area contributed by atoms with Crippen LogP contribution in [0, 0.1) is 0 Å². The lowest BCUT2D eigenvalue weighted by Gasteiger charge is -2.50. The van der Waals surface area contributed by atoms with Gasteiger partial charge in [-0.25, -0.2) is 9.97 Å². The molecule has 2 aliphatic rings. The topological polar surface area (TPSA) is 35.0 Å². The van der Waals surface area contributed by atoms with Gasteiger partial charge in [-0.05, 0) is 68.8 Å². The Kier molecular flexibility index (Phi) is 8.06. The fourth-order valence-corrected chi connectivity index (χ4v) is 9.86. The van der Waals surface area contributed by atoms with Crippen molar-refractivity contribution in [2.24, 2.45) is 0 Å². The Labute approximate surface area is 345 Å². The van der Waals surface area contributed by atoms with Crippen molar-refractivity contribution < 1.29 is 4.74 Å². The lowest BCUT2D eigenvalue weighted by atomic mass is 9.53. The van der Waals surface area contributed by atoms with Crippen LogP contribution in [0.1, 0.15) is 47.2 Å². The van der Waals surface area contributed by atoms with Crippen LogP contribution < -0.4 is 4.74 Å². The molecule has 0 radical (unpaired) electrons. The Morgan fingerprint density at radius 2 is 0.847 bits per heavy atom. The Hall–Kier alpha value is -7.36. The standard InChI is InChI=1S/C56H40N2O/c1-55(2)44-28-11-12-29-45(44)56(46-30-13-15-33-51(46)59-52-34-16-14-31-47(52)56)48-32-18-27-42(53(48)55)39-23-17-24-40(35-39)49-36-50(58-54(57-49)38-21-7-4-8-22-38)43-26-10-9-25-41(43)37-19-5-3-6-20-37/h3-36H,1-2H3. The molecule has 0 saturated carbocycles. The highest BCUT2D eigenvalue weighted by atomic mass is 16.5. The molecule has 0 saturated heterocycles. The van der Waals surface area contributed by atoms with Crippen LogP contribution in [-0.2, 0) is 10.8 Å². The van der Waals surface area contributed by atoms with Crippen LogP contribution in [0.3, 0.4) is 0 Å². The maximum Gasteiger partial charge on any atom is 0.160 e. The Morgan fingerprint density at radius 3 is 1.56 bits per heavy atom. The van der Waals surface area contributed by atoms with Gasteiger partial charge in [-0.3, -0.25) is 0 Å². The summed E-state index contributed by atoms with van der Waals surface area (Å²) < 4.78 is 6.67. The molecule has 3 heteroatoms. The van der Waals surface area contributed by atoms with Gasteiger partial charge in [0.15, 0.2) is 5.82 Å². The van der Waals surface area contributed by atoms with Crippen LogP contribution in [0.5, 0.6) is 11.5 Å². The average Bonchev–Trinajstić information content (AvgIpc) is 3.31. The number of nitrogens with zero attached hydrogens (tertiary/aromatic N) is 2. The van der Waals surface area contributed by atoms with Crippen LogP contribution in [0.2, 0.25) is 0 Å². The van der Waals surface area contributed by atoms with Crippen LogP contribution in [0.15, 0.2) is 206 Å². The van der Waals surface area contributed by atoms with Gasteiger partial charge in [-0.15, -0.1) is 0 Å². The molecule has 1 spiro atoms. The summed E-state index contributed by atoms with van der Waals surface area (Å²) in [5.41, 5.74) is 16.1. The summed E-state index contributed by atoms with van der Waals surface area (Å²) >= 11 is 0. The van der Waals surface area contributed by atoms with E-state index in [-0.39, 0.29) is 5.41 Å². The smallest absolute Gasteiger partial charge is 0.160 e. The molecule has 280 valence electrons. The number of hydrogen-bond acceptors (Lipinski definition) is 3. The SMILES string of the molecule is CC1(C)c2ccccc2C2(c3ccccc3Oc3ccccc32)c2cccc(-c3cccc(-c4cc(-c5ccccc5-c5ccccc5)nc(-c5ccccc5)n4)c3)c21. The lowest BCUT2D eigenvalue weighted by molar-refractivity contribution is 0.425. The first-order chi connectivity index (χ1) is 29.0. The first-order valence-electron chi connectivity index (χ1n) is 20.3. The largest absolute Gasteiger partial charge is 0.457 e. The van der Waals surface area contributed by atoms with E-state index < -0.39 is 5.41 Å². The number of ether oxygens (including phenoxy) is 1. The highest BCUT2D eigenvalue weighted by Gasteiger charge is 2.53. The van der Waals surface area contributed by atoms with Crippen molar-refractivity contribution in [3.63, 3.8) is 0 Å².